The summed E-state index contributed by atoms with van der Waals surface area (Å²) >= 11 is 1.70. The lowest BCUT2D eigenvalue weighted by molar-refractivity contribution is -0.131. The quantitative estimate of drug-likeness (QED) is 0.850. The minimum Gasteiger partial charge on any atom is -0.361 e. The molecule has 1 saturated carbocycles. The van der Waals surface area contributed by atoms with E-state index >= 15 is 0 Å². The number of rotatable bonds is 5. The van der Waals surface area contributed by atoms with E-state index in [1.54, 1.807) is 11.3 Å². The minimum atomic E-state index is 0.176. The third-order valence-corrected chi connectivity index (χ3v) is 4.58. The molecule has 2 aromatic rings. The number of hydrogen-bond donors (Lipinski definition) is 0. The Kier molecular flexibility index (Phi) is 3.61. The minimum absolute atomic E-state index is 0.176. The van der Waals surface area contributed by atoms with Crippen molar-refractivity contribution in [3.8, 4) is 0 Å². The van der Waals surface area contributed by atoms with Gasteiger partial charge in [-0.25, -0.2) is 0 Å². The lowest BCUT2D eigenvalue weighted by Crippen LogP contribution is -2.33. The van der Waals surface area contributed by atoms with Gasteiger partial charge in [-0.3, -0.25) is 4.79 Å². The summed E-state index contributed by atoms with van der Waals surface area (Å²) in [7, 11) is 0. The summed E-state index contributed by atoms with van der Waals surface area (Å²) in [5, 5.41) is 5.98. The molecule has 4 nitrogen and oxygen atoms in total. The van der Waals surface area contributed by atoms with E-state index in [0.29, 0.717) is 12.5 Å². The van der Waals surface area contributed by atoms with Crippen molar-refractivity contribution in [1.82, 2.24) is 10.1 Å². The molecule has 3 rings (SSSR count). The molecule has 0 bridgehead atoms. The molecule has 0 radical (unpaired) electrons. The van der Waals surface area contributed by atoms with Crippen LogP contribution in [0.2, 0.25) is 0 Å². The van der Waals surface area contributed by atoms with Gasteiger partial charge in [-0.1, -0.05) is 11.2 Å². The number of aryl methyl sites for hydroxylation is 2. The van der Waals surface area contributed by atoms with Crippen molar-refractivity contribution in [3.63, 3.8) is 0 Å². The molecule has 1 amide bonds. The Balaban J connectivity index is 1.73. The fourth-order valence-corrected chi connectivity index (χ4v) is 3.09. The lowest BCUT2D eigenvalue weighted by Gasteiger charge is -2.21. The van der Waals surface area contributed by atoms with Crippen LogP contribution in [0.1, 0.15) is 34.7 Å². The molecule has 2 aromatic heterocycles. The maximum atomic E-state index is 12.6. The molecule has 1 fully saturated rings. The Hall–Kier alpha value is -1.62. The SMILES string of the molecule is Cc1noc(C)c1CC(=O)N(Cc1cccs1)C1CC1. The summed E-state index contributed by atoms with van der Waals surface area (Å²) in [5.74, 6) is 0.929. The van der Waals surface area contributed by atoms with Gasteiger partial charge in [0.1, 0.15) is 5.76 Å². The largest absolute Gasteiger partial charge is 0.361 e. The third kappa shape index (κ3) is 2.77. The standard InChI is InChI=1S/C15H18N2O2S/c1-10-14(11(2)19-16-10)8-15(18)17(12-5-6-12)9-13-4-3-7-20-13/h3-4,7,12H,5-6,8-9H2,1-2H3. The Morgan fingerprint density at radius 3 is 2.85 bits per heavy atom. The summed E-state index contributed by atoms with van der Waals surface area (Å²) in [4.78, 5) is 15.8. The molecule has 106 valence electrons. The third-order valence-electron chi connectivity index (χ3n) is 3.72. The molecule has 1 aliphatic carbocycles. The van der Waals surface area contributed by atoms with Gasteiger partial charge >= 0.3 is 0 Å². The van der Waals surface area contributed by atoms with Gasteiger partial charge < -0.3 is 9.42 Å². The molecule has 0 N–H and O–H groups in total. The summed E-state index contributed by atoms with van der Waals surface area (Å²) in [5.41, 5.74) is 1.76. The number of aromatic nitrogens is 1. The van der Waals surface area contributed by atoms with E-state index in [1.165, 1.54) is 4.88 Å². The van der Waals surface area contributed by atoms with Crippen LogP contribution in [0.15, 0.2) is 22.0 Å². The molecule has 5 heteroatoms. The smallest absolute Gasteiger partial charge is 0.227 e. The predicted molar refractivity (Wildman–Crippen MR) is 77.6 cm³/mol. The Morgan fingerprint density at radius 2 is 2.30 bits per heavy atom. The van der Waals surface area contributed by atoms with E-state index in [-0.39, 0.29) is 5.91 Å². The van der Waals surface area contributed by atoms with Gasteiger partial charge in [0.05, 0.1) is 18.7 Å². The maximum absolute atomic E-state index is 12.6. The molecule has 0 aromatic carbocycles. The second-order valence-electron chi connectivity index (χ2n) is 5.31. The molecule has 1 aliphatic rings. The van der Waals surface area contributed by atoms with Crippen molar-refractivity contribution in [2.24, 2.45) is 0 Å². The number of hydrogen-bond acceptors (Lipinski definition) is 4. The van der Waals surface area contributed by atoms with Crippen molar-refractivity contribution >= 4 is 17.2 Å². The van der Waals surface area contributed by atoms with Crippen LogP contribution in [0.3, 0.4) is 0 Å². The zero-order chi connectivity index (χ0) is 14.1. The molecule has 20 heavy (non-hydrogen) atoms. The van der Waals surface area contributed by atoms with E-state index in [2.05, 4.69) is 16.6 Å². The number of amides is 1. The topological polar surface area (TPSA) is 46.3 Å². The van der Waals surface area contributed by atoms with E-state index in [4.69, 9.17) is 4.52 Å². The highest BCUT2D eigenvalue weighted by atomic mass is 32.1. The van der Waals surface area contributed by atoms with Crippen molar-refractivity contribution in [3.05, 3.63) is 39.4 Å². The highest BCUT2D eigenvalue weighted by Crippen LogP contribution is 2.30. The molecule has 0 atom stereocenters. The monoisotopic (exact) mass is 290 g/mol. The molecular weight excluding hydrogens is 272 g/mol. The van der Waals surface area contributed by atoms with Crippen molar-refractivity contribution in [2.75, 3.05) is 0 Å². The fourth-order valence-electron chi connectivity index (χ4n) is 2.38. The number of carbonyl (C=O) groups is 1. The highest BCUT2D eigenvalue weighted by Gasteiger charge is 2.33. The van der Waals surface area contributed by atoms with Crippen LogP contribution in [0.5, 0.6) is 0 Å². The first-order chi connectivity index (χ1) is 9.65. The van der Waals surface area contributed by atoms with Gasteiger partial charge in [0, 0.05) is 16.5 Å². The number of carbonyl (C=O) groups excluding carboxylic acids is 1. The molecule has 0 spiro atoms. The average Bonchev–Trinajstić information content (AvgIpc) is 3.06. The van der Waals surface area contributed by atoms with Gasteiger partial charge in [-0.15, -0.1) is 11.3 Å². The first-order valence-electron chi connectivity index (χ1n) is 6.88. The summed E-state index contributed by atoms with van der Waals surface area (Å²) in [6, 6.07) is 4.54. The average molecular weight is 290 g/mol. The summed E-state index contributed by atoms with van der Waals surface area (Å²) in [6.07, 6.45) is 2.64. The Morgan fingerprint density at radius 1 is 1.50 bits per heavy atom. The predicted octanol–water partition coefficient (Wildman–Crippen LogP) is 3.09. The van der Waals surface area contributed by atoms with E-state index < -0.39 is 0 Å². The fraction of sp³-hybridized carbons (Fsp3) is 0.467. The Bertz CT molecular complexity index is 580. The van der Waals surface area contributed by atoms with E-state index in [1.807, 2.05) is 24.8 Å². The van der Waals surface area contributed by atoms with E-state index in [9.17, 15) is 4.79 Å². The lowest BCUT2D eigenvalue weighted by atomic mass is 10.1. The second kappa shape index (κ2) is 5.40. The summed E-state index contributed by atoms with van der Waals surface area (Å²) < 4.78 is 5.14. The molecule has 2 heterocycles. The molecular formula is C15H18N2O2S. The van der Waals surface area contributed by atoms with Crippen molar-refractivity contribution in [2.45, 2.75) is 45.7 Å². The Labute approximate surface area is 122 Å². The zero-order valence-corrected chi connectivity index (χ0v) is 12.6. The van der Waals surface area contributed by atoms with Gasteiger partial charge in [-0.05, 0) is 38.1 Å². The molecule has 0 aliphatic heterocycles. The van der Waals surface area contributed by atoms with E-state index in [0.717, 1.165) is 36.4 Å². The number of thiophene rings is 1. The normalized spacial score (nSPS) is 14.5. The van der Waals surface area contributed by atoms with Crippen LogP contribution in [0.4, 0.5) is 0 Å². The van der Waals surface area contributed by atoms with Crippen molar-refractivity contribution < 1.29 is 9.32 Å². The van der Waals surface area contributed by atoms with Crippen LogP contribution >= 0.6 is 11.3 Å². The highest BCUT2D eigenvalue weighted by molar-refractivity contribution is 7.09. The summed E-state index contributed by atoms with van der Waals surface area (Å²) in [6.45, 7) is 4.48. The van der Waals surface area contributed by atoms with Gasteiger partial charge in [0.25, 0.3) is 0 Å². The van der Waals surface area contributed by atoms with Crippen LogP contribution in [-0.4, -0.2) is 22.0 Å². The first-order valence-corrected chi connectivity index (χ1v) is 7.76. The van der Waals surface area contributed by atoms with Gasteiger partial charge in [0.15, 0.2) is 0 Å². The second-order valence-corrected chi connectivity index (χ2v) is 6.34. The maximum Gasteiger partial charge on any atom is 0.227 e. The van der Waals surface area contributed by atoms with Crippen LogP contribution < -0.4 is 0 Å². The zero-order valence-electron chi connectivity index (χ0n) is 11.8. The van der Waals surface area contributed by atoms with Crippen LogP contribution in [0.25, 0.3) is 0 Å². The number of nitrogens with zero attached hydrogens (tertiary/aromatic N) is 2. The first kappa shape index (κ1) is 13.4. The van der Waals surface area contributed by atoms with Gasteiger partial charge in [0.2, 0.25) is 5.91 Å². The molecule has 0 saturated heterocycles. The van der Waals surface area contributed by atoms with Crippen molar-refractivity contribution in [1.29, 1.82) is 0 Å². The van der Waals surface area contributed by atoms with Crippen LogP contribution in [0, 0.1) is 13.8 Å². The molecule has 0 unspecified atom stereocenters. The van der Waals surface area contributed by atoms with Gasteiger partial charge in [-0.2, -0.15) is 0 Å². The van der Waals surface area contributed by atoms with Crippen LogP contribution in [-0.2, 0) is 17.8 Å².